The first kappa shape index (κ1) is 16.4. The third-order valence-electron chi connectivity index (χ3n) is 3.23. The molecule has 0 N–H and O–H groups in total. The summed E-state index contributed by atoms with van der Waals surface area (Å²) in [6.07, 6.45) is 0. The zero-order chi connectivity index (χ0) is 16.1. The summed E-state index contributed by atoms with van der Waals surface area (Å²) >= 11 is 24.6. The quantitative estimate of drug-likeness (QED) is 0.264. The molecule has 9 heteroatoms. The third kappa shape index (κ3) is 2.80. The highest BCUT2D eigenvalue weighted by atomic mass is 79.9. The van der Waals surface area contributed by atoms with Gasteiger partial charge in [-0.05, 0) is 56.1 Å². The largest absolute Gasteiger partial charge is 0.172 e. The van der Waals surface area contributed by atoms with Crippen LogP contribution in [0.3, 0.4) is 0 Å². The van der Waals surface area contributed by atoms with E-state index >= 15 is 0 Å². The van der Waals surface area contributed by atoms with Gasteiger partial charge in [0.1, 0.15) is 11.0 Å². The lowest BCUT2D eigenvalue weighted by Gasteiger charge is -2.10. The minimum atomic E-state index is 0.515. The molecule has 116 valence electrons. The van der Waals surface area contributed by atoms with Crippen molar-refractivity contribution in [2.24, 2.45) is 0 Å². The Morgan fingerprint density at radius 1 is 0.739 bits per heavy atom. The highest BCUT2D eigenvalue weighted by Crippen LogP contribution is 2.49. The molecule has 0 aliphatic heterocycles. The molecule has 0 atom stereocenters. The molecule has 0 bridgehead atoms. The van der Waals surface area contributed by atoms with Crippen LogP contribution in [0.25, 0.3) is 31.9 Å². The van der Waals surface area contributed by atoms with Gasteiger partial charge in [0.15, 0.2) is 0 Å². The molecule has 0 saturated heterocycles. The Bertz CT molecular complexity index is 958. The van der Waals surface area contributed by atoms with Crippen LogP contribution in [-0.2, 0) is 0 Å². The van der Waals surface area contributed by atoms with Crippen molar-refractivity contribution < 1.29 is 0 Å². The molecule has 0 radical (unpaired) electrons. The molecule has 4 rings (SSSR count). The first-order valence-electron chi connectivity index (χ1n) is 6.21. The van der Waals surface area contributed by atoms with Crippen molar-refractivity contribution in [1.29, 1.82) is 0 Å². The molecular formula is C14H4Br2Cl2N2S3. The van der Waals surface area contributed by atoms with Gasteiger partial charge in [0, 0.05) is 20.9 Å². The van der Waals surface area contributed by atoms with Crippen LogP contribution in [0.1, 0.15) is 0 Å². The molecule has 23 heavy (non-hydrogen) atoms. The molecule has 0 spiro atoms. The maximum atomic E-state index is 6.62. The SMILES string of the molecule is Clc1c(Cl)c(-c2ccc(Br)s2)c2nsnc2c1-c1ccc(Br)s1. The lowest BCUT2D eigenvalue weighted by atomic mass is 10.1. The van der Waals surface area contributed by atoms with E-state index in [1.807, 2.05) is 24.3 Å². The Labute approximate surface area is 170 Å². The summed E-state index contributed by atoms with van der Waals surface area (Å²) in [7, 11) is 0. The number of nitrogens with zero attached hydrogens (tertiary/aromatic N) is 2. The van der Waals surface area contributed by atoms with Gasteiger partial charge in [0.2, 0.25) is 0 Å². The summed E-state index contributed by atoms with van der Waals surface area (Å²) in [5.74, 6) is 0. The van der Waals surface area contributed by atoms with Crippen LogP contribution in [0.15, 0.2) is 31.8 Å². The van der Waals surface area contributed by atoms with Crippen molar-refractivity contribution in [2.75, 3.05) is 0 Å². The summed E-state index contributed by atoms with van der Waals surface area (Å²) in [5, 5.41) is 1.03. The number of fused-ring (bicyclic) bond motifs is 1. The summed E-state index contributed by atoms with van der Waals surface area (Å²) < 4.78 is 11.0. The van der Waals surface area contributed by atoms with Crippen LogP contribution < -0.4 is 0 Å². The van der Waals surface area contributed by atoms with Crippen molar-refractivity contribution in [3.8, 4) is 20.9 Å². The van der Waals surface area contributed by atoms with Crippen LogP contribution >= 0.6 is 89.5 Å². The minimum absolute atomic E-state index is 0.515. The van der Waals surface area contributed by atoms with E-state index in [-0.39, 0.29) is 0 Å². The van der Waals surface area contributed by atoms with Crippen LogP contribution in [0.5, 0.6) is 0 Å². The Morgan fingerprint density at radius 3 is 1.52 bits per heavy atom. The van der Waals surface area contributed by atoms with E-state index in [1.165, 1.54) is 11.7 Å². The summed E-state index contributed by atoms with van der Waals surface area (Å²) in [6, 6.07) is 7.99. The molecule has 3 aromatic heterocycles. The first-order chi connectivity index (χ1) is 11.1. The predicted molar refractivity (Wildman–Crippen MR) is 109 cm³/mol. The van der Waals surface area contributed by atoms with E-state index in [1.54, 1.807) is 22.7 Å². The molecule has 0 amide bonds. The maximum Gasteiger partial charge on any atom is 0.115 e. The number of hydrogen-bond donors (Lipinski definition) is 0. The van der Waals surface area contributed by atoms with E-state index in [0.717, 1.165) is 39.5 Å². The minimum Gasteiger partial charge on any atom is -0.172 e. The Hall–Kier alpha value is -0.0200. The van der Waals surface area contributed by atoms with Crippen molar-refractivity contribution >= 4 is 100 Å². The molecule has 0 aliphatic carbocycles. The van der Waals surface area contributed by atoms with Gasteiger partial charge >= 0.3 is 0 Å². The van der Waals surface area contributed by atoms with Gasteiger partial charge in [-0.1, -0.05) is 23.2 Å². The fraction of sp³-hybridized carbons (Fsp3) is 0. The normalized spacial score (nSPS) is 11.5. The van der Waals surface area contributed by atoms with Gasteiger partial charge in [-0.3, -0.25) is 0 Å². The standard InChI is InChI=1S/C14H4Br2Cl2N2S3/c15-7-3-1-5(21-7)9-11(17)12(18)10(6-2-4-8(16)22-6)14-13(9)19-23-20-14/h1-4H. The van der Waals surface area contributed by atoms with E-state index in [2.05, 4.69) is 40.6 Å². The van der Waals surface area contributed by atoms with Gasteiger partial charge in [-0.15, -0.1) is 22.7 Å². The van der Waals surface area contributed by atoms with Crippen molar-refractivity contribution in [3.05, 3.63) is 41.9 Å². The van der Waals surface area contributed by atoms with E-state index in [4.69, 9.17) is 23.2 Å². The predicted octanol–water partition coefficient (Wildman–Crippen LogP) is 7.98. The molecule has 0 unspecified atom stereocenters. The second-order valence-corrected chi connectivity index (χ2v) is 10.8. The van der Waals surface area contributed by atoms with Gasteiger partial charge < -0.3 is 0 Å². The molecule has 2 nitrogen and oxygen atoms in total. The van der Waals surface area contributed by atoms with Crippen LogP contribution in [-0.4, -0.2) is 8.75 Å². The summed E-state index contributed by atoms with van der Waals surface area (Å²) in [4.78, 5) is 2.03. The lowest BCUT2D eigenvalue weighted by molar-refractivity contribution is 1.63. The average molecular weight is 527 g/mol. The fourth-order valence-corrected chi connectivity index (χ4v) is 6.41. The van der Waals surface area contributed by atoms with E-state index in [0.29, 0.717) is 10.0 Å². The highest BCUT2D eigenvalue weighted by molar-refractivity contribution is 9.11. The third-order valence-corrected chi connectivity index (χ3v) is 7.90. The van der Waals surface area contributed by atoms with Crippen LogP contribution in [0.2, 0.25) is 10.0 Å². The molecule has 3 heterocycles. The topological polar surface area (TPSA) is 25.8 Å². The van der Waals surface area contributed by atoms with E-state index < -0.39 is 0 Å². The Morgan fingerprint density at radius 2 is 1.17 bits per heavy atom. The second kappa shape index (κ2) is 6.37. The Balaban J connectivity index is 2.09. The number of hydrogen-bond acceptors (Lipinski definition) is 5. The number of benzene rings is 1. The number of halogens is 4. The summed E-state index contributed by atoms with van der Waals surface area (Å²) in [5.41, 5.74) is 3.27. The van der Waals surface area contributed by atoms with Crippen molar-refractivity contribution in [1.82, 2.24) is 8.75 Å². The molecule has 1 aromatic carbocycles. The number of thiophene rings is 2. The number of rotatable bonds is 2. The van der Waals surface area contributed by atoms with Gasteiger partial charge in [0.25, 0.3) is 0 Å². The maximum absolute atomic E-state index is 6.62. The zero-order valence-corrected chi connectivity index (χ0v) is 18.1. The Kier molecular flexibility index (Phi) is 4.55. The van der Waals surface area contributed by atoms with Crippen LogP contribution in [0.4, 0.5) is 0 Å². The average Bonchev–Trinajstić information content (AvgIpc) is 3.23. The summed E-state index contributed by atoms with van der Waals surface area (Å²) in [6.45, 7) is 0. The smallest absolute Gasteiger partial charge is 0.115 e. The van der Waals surface area contributed by atoms with Gasteiger partial charge in [-0.25, -0.2) is 0 Å². The van der Waals surface area contributed by atoms with Crippen molar-refractivity contribution in [3.63, 3.8) is 0 Å². The monoisotopic (exact) mass is 524 g/mol. The zero-order valence-electron chi connectivity index (χ0n) is 10.9. The first-order valence-corrected chi connectivity index (χ1v) is 10.9. The molecule has 0 aliphatic rings. The molecular weight excluding hydrogens is 523 g/mol. The van der Waals surface area contributed by atoms with E-state index in [9.17, 15) is 0 Å². The fourth-order valence-electron chi connectivity index (χ4n) is 2.29. The molecule has 0 fully saturated rings. The van der Waals surface area contributed by atoms with Crippen LogP contribution in [0, 0.1) is 0 Å². The highest BCUT2D eigenvalue weighted by Gasteiger charge is 2.24. The molecule has 0 saturated carbocycles. The lowest BCUT2D eigenvalue weighted by Crippen LogP contribution is -1.87. The number of aromatic nitrogens is 2. The van der Waals surface area contributed by atoms with Gasteiger partial charge in [0.05, 0.1) is 29.3 Å². The second-order valence-electron chi connectivity index (χ2n) is 4.55. The van der Waals surface area contributed by atoms with Gasteiger partial charge in [-0.2, -0.15) is 8.75 Å². The molecule has 4 aromatic rings. The van der Waals surface area contributed by atoms with Crippen molar-refractivity contribution in [2.45, 2.75) is 0 Å².